The Kier molecular flexibility index (Phi) is 9.65. The topological polar surface area (TPSA) is 96.0 Å². The van der Waals surface area contributed by atoms with Gasteiger partial charge in [0.05, 0.1) is 17.7 Å². The van der Waals surface area contributed by atoms with Gasteiger partial charge in [0.1, 0.15) is 24.2 Å². The van der Waals surface area contributed by atoms with E-state index in [4.69, 9.17) is 4.74 Å². The third-order valence-electron chi connectivity index (χ3n) is 7.38. The normalized spacial score (nSPS) is 14.3. The Labute approximate surface area is 241 Å². The van der Waals surface area contributed by atoms with Gasteiger partial charge in [0.2, 0.25) is 11.8 Å². The lowest BCUT2D eigenvalue weighted by Gasteiger charge is -2.33. The lowest BCUT2D eigenvalue weighted by molar-refractivity contribution is -0.139. The molecule has 1 aliphatic carbocycles. The minimum Gasteiger partial charge on any atom is -0.495 e. The molecular weight excluding hydrogens is 545 g/mol. The van der Waals surface area contributed by atoms with Gasteiger partial charge in [-0.3, -0.25) is 13.9 Å². The van der Waals surface area contributed by atoms with Crippen LogP contribution in [0.3, 0.4) is 0 Å². The van der Waals surface area contributed by atoms with Gasteiger partial charge in [-0.1, -0.05) is 55.3 Å². The average molecular weight is 582 g/mol. The van der Waals surface area contributed by atoms with E-state index in [-0.39, 0.29) is 40.4 Å². The molecule has 1 fully saturated rings. The fourth-order valence-corrected chi connectivity index (χ4v) is 6.45. The first kappa shape index (κ1) is 30.0. The van der Waals surface area contributed by atoms with Crippen molar-refractivity contribution in [3.63, 3.8) is 0 Å². The second kappa shape index (κ2) is 13.2. The highest BCUT2D eigenvalue weighted by Crippen LogP contribution is 2.33. The van der Waals surface area contributed by atoms with Crippen molar-refractivity contribution in [2.75, 3.05) is 18.0 Å². The van der Waals surface area contributed by atoms with E-state index in [0.717, 1.165) is 35.6 Å². The number of halogens is 1. The molecule has 218 valence electrons. The van der Waals surface area contributed by atoms with Crippen LogP contribution < -0.4 is 14.4 Å². The second-order valence-corrected chi connectivity index (χ2v) is 12.1. The van der Waals surface area contributed by atoms with Crippen LogP contribution >= 0.6 is 0 Å². The zero-order valence-corrected chi connectivity index (χ0v) is 24.4. The molecule has 0 heterocycles. The number of carbonyl (C=O) groups excluding carboxylic acids is 2. The first-order valence-corrected chi connectivity index (χ1v) is 15.1. The zero-order valence-electron chi connectivity index (χ0n) is 23.5. The van der Waals surface area contributed by atoms with Crippen molar-refractivity contribution in [2.24, 2.45) is 0 Å². The van der Waals surface area contributed by atoms with Gasteiger partial charge in [-0.05, 0) is 62.6 Å². The molecule has 41 heavy (non-hydrogen) atoms. The number of aryl methyl sites for hydroxylation is 1. The molecule has 0 aromatic heterocycles. The number of nitrogens with zero attached hydrogens (tertiary/aromatic N) is 2. The molecule has 1 aliphatic rings. The van der Waals surface area contributed by atoms with Gasteiger partial charge in [0.25, 0.3) is 10.0 Å². The van der Waals surface area contributed by atoms with Gasteiger partial charge in [0, 0.05) is 18.2 Å². The third-order valence-corrected chi connectivity index (χ3v) is 9.15. The number of amides is 2. The fraction of sp³-hybridized carbons (Fsp3) is 0.355. The molecule has 1 saturated carbocycles. The summed E-state index contributed by atoms with van der Waals surface area (Å²) in [5, 5.41) is 3.00. The van der Waals surface area contributed by atoms with Crippen LogP contribution in [0.1, 0.15) is 43.7 Å². The number of anilines is 1. The van der Waals surface area contributed by atoms with Crippen LogP contribution in [0, 0.1) is 12.7 Å². The van der Waals surface area contributed by atoms with E-state index in [0.29, 0.717) is 0 Å². The van der Waals surface area contributed by atoms with E-state index in [2.05, 4.69) is 5.32 Å². The summed E-state index contributed by atoms with van der Waals surface area (Å²) in [5.41, 5.74) is 1.15. The summed E-state index contributed by atoms with van der Waals surface area (Å²) in [6, 6.07) is 17.9. The molecule has 0 unspecified atom stereocenters. The Morgan fingerprint density at radius 3 is 2.34 bits per heavy atom. The van der Waals surface area contributed by atoms with Crippen LogP contribution in [0.2, 0.25) is 0 Å². The lowest BCUT2D eigenvalue weighted by Crippen LogP contribution is -2.52. The summed E-state index contributed by atoms with van der Waals surface area (Å²) >= 11 is 0. The Bertz CT molecular complexity index is 1480. The van der Waals surface area contributed by atoms with Crippen molar-refractivity contribution in [3.8, 4) is 5.75 Å². The highest BCUT2D eigenvalue weighted by Gasteiger charge is 2.34. The van der Waals surface area contributed by atoms with Crippen molar-refractivity contribution in [1.82, 2.24) is 10.2 Å². The molecular formula is C31H36FN3O5S. The largest absolute Gasteiger partial charge is 0.495 e. The minimum atomic E-state index is -4.25. The minimum absolute atomic E-state index is 0.0102. The van der Waals surface area contributed by atoms with Crippen molar-refractivity contribution in [2.45, 2.75) is 63.1 Å². The van der Waals surface area contributed by atoms with E-state index >= 15 is 0 Å². The number of carbonyl (C=O) groups is 2. The molecule has 8 nitrogen and oxygen atoms in total. The molecule has 0 bridgehead atoms. The van der Waals surface area contributed by atoms with E-state index < -0.39 is 34.3 Å². The maximum atomic E-state index is 14.7. The first-order chi connectivity index (χ1) is 19.6. The summed E-state index contributed by atoms with van der Waals surface area (Å²) in [6.07, 6.45) is 3.75. The number of rotatable bonds is 11. The summed E-state index contributed by atoms with van der Waals surface area (Å²) in [5.74, 6) is -1.30. The predicted octanol–water partition coefficient (Wildman–Crippen LogP) is 4.81. The molecule has 1 N–H and O–H groups in total. The van der Waals surface area contributed by atoms with Gasteiger partial charge >= 0.3 is 0 Å². The van der Waals surface area contributed by atoms with Crippen molar-refractivity contribution < 1.29 is 27.1 Å². The van der Waals surface area contributed by atoms with Crippen LogP contribution in [0.4, 0.5) is 10.1 Å². The Balaban J connectivity index is 1.74. The molecule has 0 saturated heterocycles. The number of benzene rings is 3. The summed E-state index contributed by atoms with van der Waals surface area (Å²) in [7, 11) is -2.83. The van der Waals surface area contributed by atoms with E-state index in [1.54, 1.807) is 68.4 Å². The van der Waals surface area contributed by atoms with E-state index in [9.17, 15) is 22.4 Å². The van der Waals surface area contributed by atoms with Crippen molar-refractivity contribution in [1.29, 1.82) is 0 Å². The molecule has 2 amide bonds. The molecule has 0 aliphatic heterocycles. The van der Waals surface area contributed by atoms with Crippen LogP contribution in [0.15, 0.2) is 77.7 Å². The van der Waals surface area contributed by atoms with Crippen LogP contribution in [-0.2, 0) is 26.2 Å². The number of hydrogen-bond acceptors (Lipinski definition) is 5. The summed E-state index contributed by atoms with van der Waals surface area (Å²) in [4.78, 5) is 28.6. The first-order valence-electron chi connectivity index (χ1n) is 13.7. The molecule has 10 heteroatoms. The molecule has 0 radical (unpaired) electrons. The molecule has 3 aromatic rings. The molecule has 0 spiro atoms. The maximum Gasteiger partial charge on any atom is 0.264 e. The number of sulfonamides is 1. The molecule has 3 aromatic carbocycles. The fourth-order valence-electron chi connectivity index (χ4n) is 5.01. The SMILES string of the molecule is COc1ccc(C)cc1N(CC(=O)N(Cc1ccccc1F)[C@@H](C)C(=O)NC1CCCC1)S(=O)(=O)c1ccccc1. The van der Waals surface area contributed by atoms with Gasteiger partial charge in [-0.25, -0.2) is 12.8 Å². The Morgan fingerprint density at radius 2 is 1.68 bits per heavy atom. The van der Waals surface area contributed by atoms with Gasteiger partial charge < -0.3 is 15.0 Å². The quantitative estimate of drug-likeness (QED) is 0.351. The second-order valence-electron chi connectivity index (χ2n) is 10.3. The standard InChI is InChI=1S/C31H36FN3O5S/c1-22-17-18-29(40-3)28(19-22)35(41(38,39)26-14-5-4-6-15-26)21-30(36)34(20-24-11-7-10-16-27(24)32)23(2)31(37)33-25-12-8-9-13-25/h4-7,10-11,14-19,23,25H,8-9,12-13,20-21H2,1-3H3,(H,33,37)/t23-/m0/s1. The van der Waals surface area contributed by atoms with Crippen molar-refractivity contribution in [3.05, 3.63) is 89.7 Å². The van der Waals surface area contributed by atoms with Gasteiger partial charge in [0.15, 0.2) is 0 Å². The zero-order chi connectivity index (χ0) is 29.6. The predicted molar refractivity (Wildman–Crippen MR) is 156 cm³/mol. The molecule has 4 rings (SSSR count). The van der Waals surface area contributed by atoms with Crippen molar-refractivity contribution >= 4 is 27.5 Å². The number of methoxy groups -OCH3 is 1. The summed E-state index contributed by atoms with van der Waals surface area (Å²) in [6.45, 7) is 2.53. The number of nitrogens with one attached hydrogen (secondary N) is 1. The number of hydrogen-bond donors (Lipinski definition) is 1. The molecule has 1 atom stereocenters. The highest BCUT2D eigenvalue weighted by molar-refractivity contribution is 7.92. The Hall–Kier alpha value is -3.92. The van der Waals surface area contributed by atoms with Crippen LogP contribution in [-0.4, -0.2) is 50.9 Å². The number of ether oxygens (including phenoxy) is 1. The monoisotopic (exact) mass is 581 g/mol. The smallest absolute Gasteiger partial charge is 0.264 e. The van der Waals surface area contributed by atoms with Crippen LogP contribution in [0.5, 0.6) is 5.75 Å². The van der Waals surface area contributed by atoms with E-state index in [1.807, 2.05) is 0 Å². The lowest BCUT2D eigenvalue weighted by atomic mass is 10.1. The van der Waals surface area contributed by atoms with Crippen LogP contribution in [0.25, 0.3) is 0 Å². The Morgan fingerprint density at radius 1 is 1.02 bits per heavy atom. The summed E-state index contributed by atoms with van der Waals surface area (Å²) < 4.78 is 49.2. The third kappa shape index (κ3) is 7.05. The maximum absolute atomic E-state index is 14.7. The highest BCUT2D eigenvalue weighted by atomic mass is 32.2. The average Bonchev–Trinajstić information content (AvgIpc) is 3.48. The van der Waals surface area contributed by atoms with E-state index in [1.165, 1.54) is 30.2 Å². The van der Waals surface area contributed by atoms with Gasteiger partial charge in [-0.15, -0.1) is 0 Å². The van der Waals surface area contributed by atoms with Gasteiger partial charge in [-0.2, -0.15) is 0 Å².